The monoisotopic (exact) mass is 1240 g/mol. The molecule has 2 aromatic carbocycles. The fourth-order valence-corrected chi connectivity index (χ4v) is 12.6. The van der Waals surface area contributed by atoms with Gasteiger partial charge in [-0.05, 0) is 80.5 Å². The van der Waals surface area contributed by atoms with Crippen molar-refractivity contribution < 1.29 is 92.9 Å². The average molecular weight is 1250 g/mol. The number of primary amides is 1. The molecular formula is C57H84N10O19S. The van der Waals surface area contributed by atoms with E-state index in [2.05, 4.69) is 52.7 Å². The van der Waals surface area contributed by atoms with Crippen LogP contribution in [0.4, 0.5) is 5.69 Å². The van der Waals surface area contributed by atoms with Gasteiger partial charge in [-0.1, -0.05) is 55.0 Å². The van der Waals surface area contributed by atoms with Gasteiger partial charge in [0.2, 0.25) is 41.4 Å². The first-order chi connectivity index (χ1) is 41.5. The van der Waals surface area contributed by atoms with Crippen LogP contribution < -0.4 is 41.4 Å². The summed E-state index contributed by atoms with van der Waals surface area (Å²) in [6.07, 6.45) is -3.35. The van der Waals surface area contributed by atoms with Crippen molar-refractivity contribution in [3.8, 4) is 11.5 Å². The molecule has 8 amide bonds. The number of unbranched alkanes of at least 4 members (excludes halogenated alkanes) is 2. The third kappa shape index (κ3) is 17.9. The molecule has 0 spiro atoms. The second-order valence-corrected chi connectivity index (χ2v) is 23.9. The van der Waals surface area contributed by atoms with Crippen LogP contribution in [0.25, 0.3) is 0 Å². The predicted molar refractivity (Wildman–Crippen MR) is 310 cm³/mol. The summed E-state index contributed by atoms with van der Waals surface area (Å²) < 4.78 is 9.31. The Kier molecular flexibility index (Phi) is 24.7. The largest absolute Gasteiger partial charge is 0.504 e. The Bertz CT molecular complexity index is 2700. The van der Waals surface area contributed by atoms with E-state index in [-0.39, 0.29) is 35.7 Å². The van der Waals surface area contributed by atoms with Gasteiger partial charge in [-0.2, -0.15) is 0 Å². The molecule has 30 heteroatoms. The van der Waals surface area contributed by atoms with E-state index in [0.29, 0.717) is 6.04 Å². The molecule has 1 aliphatic carbocycles. The predicted octanol–water partition coefficient (Wildman–Crippen LogP) is -2.16. The molecule has 2 aromatic rings. The van der Waals surface area contributed by atoms with Crippen LogP contribution in [0.2, 0.25) is 0 Å². The van der Waals surface area contributed by atoms with E-state index in [9.17, 15) is 74.1 Å². The van der Waals surface area contributed by atoms with Crippen LogP contribution in [0.3, 0.4) is 0 Å². The number of piperazine rings is 1. The van der Waals surface area contributed by atoms with Crippen LogP contribution in [0.1, 0.15) is 107 Å². The number of aromatic hydroxyl groups is 1. The SMILES string of the molecule is CCCCCC1CCC(N2CCN(c3ccc(C(=O)NC4CC(O)CNC(=O)C5C(O)C(C)CN5C(=O)C(C(O)CC(N)=O)NC(=O)C(C(O)Cc5ccc(O)c(OSOOO)c5)NC(=O)C5CC(O)CN5C(=O)C(C(C)O)NC4=O)cc3)CC2)CC1. The van der Waals surface area contributed by atoms with Crippen molar-refractivity contribution in [2.75, 3.05) is 50.7 Å². The lowest BCUT2D eigenvalue weighted by molar-refractivity contribution is -0.433. The Labute approximate surface area is 507 Å². The highest BCUT2D eigenvalue weighted by molar-refractivity contribution is 7.90. The van der Waals surface area contributed by atoms with Gasteiger partial charge in [-0.15, -0.1) is 0 Å². The van der Waals surface area contributed by atoms with E-state index in [1.54, 1.807) is 24.3 Å². The molecule has 5 fully saturated rings. The van der Waals surface area contributed by atoms with E-state index in [4.69, 9.17) is 15.2 Å². The average Bonchev–Trinajstić information content (AvgIpc) is 2.19. The lowest BCUT2D eigenvalue weighted by Gasteiger charge is -2.42. The van der Waals surface area contributed by atoms with Gasteiger partial charge < -0.3 is 86.9 Å². The number of β-amino-alcohol motifs (C(OH)–C–C–N with tert-alkyl or cyclic N) is 1. The number of phenolic OH excluding ortho intramolecular Hbond substituents is 1. The molecule has 0 bridgehead atoms. The molecule has 29 nitrogen and oxygen atoms in total. The number of carbonyl (C=O) groups excluding carboxylic acids is 8. The zero-order valence-electron chi connectivity index (χ0n) is 49.0. The van der Waals surface area contributed by atoms with Gasteiger partial charge in [0.05, 0.1) is 43.0 Å². The number of hydrogen-bond acceptors (Lipinski definition) is 22. The maximum absolute atomic E-state index is 14.7. The molecule has 4 saturated heterocycles. The Balaban J connectivity index is 1.15. The minimum absolute atomic E-state index is 0.0660. The number of aliphatic hydroxyl groups excluding tert-OH is 6. The highest BCUT2D eigenvalue weighted by Crippen LogP contribution is 2.34. The highest BCUT2D eigenvalue weighted by atomic mass is 32.2. The summed E-state index contributed by atoms with van der Waals surface area (Å²) >= 11 is 0.0660. The van der Waals surface area contributed by atoms with Crippen molar-refractivity contribution in [1.82, 2.24) is 41.3 Å². The van der Waals surface area contributed by atoms with Crippen molar-refractivity contribution in [2.24, 2.45) is 17.6 Å². The number of benzene rings is 2. The summed E-state index contributed by atoms with van der Waals surface area (Å²) in [6, 6.07) is -0.700. The maximum atomic E-state index is 14.7. The molecule has 0 radical (unpaired) electrons. The molecule has 482 valence electrons. The first kappa shape index (κ1) is 68.0. The van der Waals surface area contributed by atoms with Gasteiger partial charge in [0.15, 0.2) is 11.5 Å². The standard InChI is InChI=1S/C57H84N10O19S/c1-4-5-6-7-32-8-13-35(14-9-32)64-18-20-65(21-19-64)36-15-11-34(12-16-36)51(76)60-39-24-37(69)27-59-55(80)49-50(75)30(2)28-67(49)57(82)48(43(73)26-45(58)74)63-54(79)47(42(72)22-33-10-17-41(71)44(23-33)84-87-86-85-83)62-53(78)40-25-38(70)29-66(40)56(81)46(31(3)68)61-52(39)77/h10-12,15-17,23,30-32,35,37-40,42-43,46-50,68-73,75,83H,4-9,13-14,18-22,24-29H2,1-3H3,(H2,58,74)(H,59,80)(H,60,76)(H,61,77)(H,62,78)(H,63,79). The molecule has 15 N–H and O–H groups in total. The fourth-order valence-electron chi connectivity index (χ4n) is 12.3. The van der Waals surface area contributed by atoms with Crippen molar-refractivity contribution in [3.63, 3.8) is 0 Å². The van der Waals surface area contributed by atoms with Gasteiger partial charge in [0.25, 0.3) is 18.2 Å². The van der Waals surface area contributed by atoms with Gasteiger partial charge in [0, 0.05) is 88.3 Å². The number of anilines is 1. The smallest absolute Gasteiger partial charge is 0.261 e. The molecule has 13 atom stereocenters. The van der Waals surface area contributed by atoms with Gasteiger partial charge in [0.1, 0.15) is 36.3 Å². The fraction of sp³-hybridized carbons (Fsp3) is 0.649. The van der Waals surface area contributed by atoms with E-state index in [0.717, 1.165) is 66.6 Å². The third-order valence-electron chi connectivity index (χ3n) is 17.2. The van der Waals surface area contributed by atoms with E-state index < -0.39 is 171 Å². The number of carbonyl (C=O) groups is 8. The lowest BCUT2D eigenvalue weighted by atomic mass is 9.82. The lowest BCUT2D eigenvalue weighted by Crippen LogP contribution is -2.64. The summed E-state index contributed by atoms with van der Waals surface area (Å²) in [7, 11) is 0. The number of phenols is 1. The van der Waals surface area contributed by atoms with Gasteiger partial charge in [-0.3, -0.25) is 43.3 Å². The van der Waals surface area contributed by atoms with Crippen LogP contribution in [0.15, 0.2) is 42.5 Å². The molecule has 5 aliphatic rings. The van der Waals surface area contributed by atoms with Gasteiger partial charge in [-0.25, -0.2) is 5.26 Å². The summed E-state index contributed by atoms with van der Waals surface area (Å²) in [6.45, 7) is 6.54. The number of nitrogens with one attached hydrogen (secondary N) is 5. The molecule has 4 aliphatic heterocycles. The van der Waals surface area contributed by atoms with Crippen molar-refractivity contribution in [1.29, 1.82) is 0 Å². The van der Waals surface area contributed by atoms with Crippen molar-refractivity contribution >= 4 is 65.3 Å². The maximum Gasteiger partial charge on any atom is 0.261 e. The zero-order chi connectivity index (χ0) is 63.2. The molecule has 7 rings (SSSR count). The Morgan fingerprint density at radius 2 is 1.45 bits per heavy atom. The number of nitrogens with zero attached hydrogens (tertiary/aromatic N) is 4. The Morgan fingerprint density at radius 3 is 2.10 bits per heavy atom. The molecule has 87 heavy (non-hydrogen) atoms. The first-order valence-electron chi connectivity index (χ1n) is 29.7. The van der Waals surface area contributed by atoms with E-state index >= 15 is 0 Å². The number of nitrogens with two attached hydrogens (primary N) is 1. The second-order valence-electron chi connectivity index (χ2n) is 23.5. The molecule has 1 saturated carbocycles. The van der Waals surface area contributed by atoms with Crippen LogP contribution >= 0.6 is 12.3 Å². The number of amides is 8. The molecule has 4 heterocycles. The summed E-state index contributed by atoms with van der Waals surface area (Å²) in [5, 5.41) is 103. The first-order valence-corrected chi connectivity index (χ1v) is 30.3. The molecular weight excluding hydrogens is 1160 g/mol. The third-order valence-corrected chi connectivity index (χ3v) is 17.5. The minimum Gasteiger partial charge on any atom is -0.504 e. The van der Waals surface area contributed by atoms with E-state index in [1.165, 1.54) is 64.4 Å². The molecule has 13 unspecified atom stereocenters. The Hall–Kier alpha value is -6.45. The van der Waals surface area contributed by atoms with Crippen molar-refractivity contribution in [2.45, 2.75) is 177 Å². The minimum atomic E-state index is -2.20. The molecule has 0 aromatic heterocycles. The Morgan fingerprint density at radius 1 is 0.782 bits per heavy atom. The summed E-state index contributed by atoms with van der Waals surface area (Å²) in [5.74, 6) is -9.99. The van der Waals surface area contributed by atoms with E-state index in [1.807, 2.05) is 0 Å². The number of aliphatic hydroxyl groups is 6. The van der Waals surface area contributed by atoms with Crippen LogP contribution in [-0.2, 0) is 49.4 Å². The number of hydrogen-bond donors (Lipinski definition) is 14. The normalized spacial score (nSPS) is 29.5. The number of fused-ring (bicyclic) bond motifs is 2. The number of rotatable bonds is 19. The van der Waals surface area contributed by atoms with Crippen molar-refractivity contribution in [3.05, 3.63) is 53.6 Å². The summed E-state index contributed by atoms with van der Waals surface area (Å²) in [4.78, 5) is 120. The highest BCUT2D eigenvalue weighted by Gasteiger charge is 2.50. The topological polar surface area (TPSA) is 425 Å². The zero-order valence-corrected chi connectivity index (χ0v) is 49.8. The summed E-state index contributed by atoms with van der Waals surface area (Å²) in [5.41, 5.74) is 6.49. The van der Waals surface area contributed by atoms with Crippen LogP contribution in [-0.4, -0.2) is 228 Å². The second kappa shape index (κ2) is 31.6. The van der Waals surface area contributed by atoms with Crippen LogP contribution in [0, 0.1) is 11.8 Å². The van der Waals surface area contributed by atoms with Crippen LogP contribution in [0.5, 0.6) is 11.5 Å². The quantitative estimate of drug-likeness (QED) is 0.0308. The van der Waals surface area contributed by atoms with Gasteiger partial charge >= 0.3 is 0 Å².